The molecule has 27 heavy (non-hydrogen) atoms. The van der Waals surface area contributed by atoms with Crippen molar-refractivity contribution in [1.82, 2.24) is 9.97 Å². The molecule has 4 rings (SSSR count). The Balaban J connectivity index is 1.53. The van der Waals surface area contributed by atoms with Gasteiger partial charge in [-0.25, -0.2) is 9.97 Å². The van der Waals surface area contributed by atoms with E-state index in [2.05, 4.69) is 22.2 Å². The van der Waals surface area contributed by atoms with Crippen LogP contribution >= 0.6 is 11.8 Å². The lowest BCUT2D eigenvalue weighted by atomic mass is 10.1. The highest BCUT2D eigenvalue weighted by atomic mass is 32.2. The first kappa shape index (κ1) is 17.5. The lowest BCUT2D eigenvalue weighted by Crippen LogP contribution is -2.14. The second-order valence-electron chi connectivity index (χ2n) is 6.24. The lowest BCUT2D eigenvalue weighted by molar-refractivity contribution is -0.113. The highest BCUT2D eigenvalue weighted by molar-refractivity contribution is 8.00. The zero-order valence-corrected chi connectivity index (χ0v) is 16.0. The van der Waals surface area contributed by atoms with E-state index in [0.29, 0.717) is 16.4 Å². The van der Waals surface area contributed by atoms with Gasteiger partial charge in [0, 0.05) is 11.1 Å². The fourth-order valence-electron chi connectivity index (χ4n) is 2.92. The summed E-state index contributed by atoms with van der Waals surface area (Å²) in [5.74, 6) is 0.829. The molecule has 5 nitrogen and oxygen atoms in total. The van der Waals surface area contributed by atoms with Gasteiger partial charge in [0.2, 0.25) is 5.91 Å². The van der Waals surface area contributed by atoms with Gasteiger partial charge in [0.05, 0.1) is 5.75 Å². The van der Waals surface area contributed by atoms with Gasteiger partial charge in [0.25, 0.3) is 0 Å². The molecule has 1 amide bonds. The van der Waals surface area contributed by atoms with Crippen molar-refractivity contribution in [2.45, 2.75) is 25.3 Å². The van der Waals surface area contributed by atoms with Crippen molar-refractivity contribution in [1.29, 1.82) is 0 Å². The monoisotopic (exact) mass is 377 g/mol. The van der Waals surface area contributed by atoms with E-state index in [4.69, 9.17) is 4.42 Å². The molecule has 4 aromatic rings. The molecule has 0 spiro atoms. The van der Waals surface area contributed by atoms with Crippen LogP contribution in [0.15, 0.2) is 58.0 Å². The Hall–Kier alpha value is -2.86. The number of carbonyl (C=O) groups is 1. The molecule has 136 valence electrons. The summed E-state index contributed by atoms with van der Waals surface area (Å²) in [7, 11) is 0. The van der Waals surface area contributed by atoms with Crippen molar-refractivity contribution in [2.75, 3.05) is 11.1 Å². The van der Waals surface area contributed by atoms with Crippen LogP contribution in [0.2, 0.25) is 0 Å². The summed E-state index contributed by atoms with van der Waals surface area (Å²) in [6.45, 7) is 3.95. The Morgan fingerprint density at radius 1 is 1.11 bits per heavy atom. The first-order valence-electron chi connectivity index (χ1n) is 8.81. The number of furan rings is 1. The number of aromatic nitrogens is 2. The molecule has 0 aliphatic heterocycles. The fraction of sp³-hybridized carbons (Fsp3) is 0.190. The average molecular weight is 377 g/mol. The topological polar surface area (TPSA) is 68.0 Å². The quantitative estimate of drug-likeness (QED) is 0.392. The van der Waals surface area contributed by atoms with E-state index in [0.717, 1.165) is 28.6 Å². The van der Waals surface area contributed by atoms with Crippen LogP contribution in [0, 0.1) is 6.92 Å². The number of nitrogens with zero attached hydrogens (tertiary/aromatic N) is 2. The summed E-state index contributed by atoms with van der Waals surface area (Å²) in [5, 5.41) is 4.56. The van der Waals surface area contributed by atoms with Crippen molar-refractivity contribution in [3.8, 4) is 0 Å². The van der Waals surface area contributed by atoms with E-state index >= 15 is 0 Å². The molecule has 2 heterocycles. The predicted octanol–water partition coefficient (Wildman–Crippen LogP) is 4.98. The molecule has 0 unspecified atom stereocenters. The molecule has 0 aliphatic rings. The maximum absolute atomic E-state index is 12.3. The maximum atomic E-state index is 12.3. The lowest BCUT2D eigenvalue weighted by Gasteiger charge is -2.06. The Bertz CT molecular complexity index is 1120. The molecule has 0 saturated carbocycles. The second kappa shape index (κ2) is 7.40. The van der Waals surface area contributed by atoms with Crippen molar-refractivity contribution in [2.24, 2.45) is 0 Å². The Labute approximate surface area is 161 Å². The third-order valence-electron chi connectivity index (χ3n) is 4.29. The molecule has 2 aromatic heterocycles. The second-order valence-corrected chi connectivity index (χ2v) is 7.20. The number of aryl methyl sites for hydroxylation is 2. The Kier molecular flexibility index (Phi) is 4.81. The maximum Gasteiger partial charge on any atom is 0.234 e. The third-order valence-corrected chi connectivity index (χ3v) is 5.24. The number of thioether (sulfide) groups is 1. The summed E-state index contributed by atoms with van der Waals surface area (Å²) in [5.41, 5.74) is 4.23. The molecular weight excluding hydrogens is 358 g/mol. The predicted molar refractivity (Wildman–Crippen MR) is 109 cm³/mol. The summed E-state index contributed by atoms with van der Waals surface area (Å²) in [6, 6.07) is 15.7. The minimum Gasteiger partial charge on any atom is -0.451 e. The smallest absolute Gasteiger partial charge is 0.234 e. The SMILES string of the molecule is CCc1ccc(NC(=O)CSc2nc(C)nc3c2oc2ccccc23)cc1. The normalized spacial score (nSPS) is 11.2. The number of rotatable bonds is 5. The van der Waals surface area contributed by atoms with Gasteiger partial charge in [0.1, 0.15) is 22.0 Å². The summed E-state index contributed by atoms with van der Waals surface area (Å²) in [4.78, 5) is 21.3. The number of carbonyl (C=O) groups excluding carboxylic acids is 1. The van der Waals surface area contributed by atoms with E-state index in [1.807, 2.05) is 55.5 Å². The van der Waals surface area contributed by atoms with Crippen LogP contribution in [0.4, 0.5) is 5.69 Å². The summed E-state index contributed by atoms with van der Waals surface area (Å²) >= 11 is 1.36. The van der Waals surface area contributed by atoms with Gasteiger partial charge in [-0.05, 0) is 43.2 Å². The van der Waals surface area contributed by atoms with Gasteiger partial charge >= 0.3 is 0 Å². The number of amides is 1. The molecule has 2 aromatic carbocycles. The average Bonchev–Trinajstić information content (AvgIpc) is 3.05. The van der Waals surface area contributed by atoms with Crippen molar-refractivity contribution >= 4 is 45.4 Å². The first-order chi connectivity index (χ1) is 13.1. The number of fused-ring (bicyclic) bond motifs is 3. The zero-order chi connectivity index (χ0) is 18.8. The van der Waals surface area contributed by atoms with Crippen LogP contribution in [0.1, 0.15) is 18.3 Å². The first-order valence-corrected chi connectivity index (χ1v) is 9.80. The zero-order valence-electron chi connectivity index (χ0n) is 15.2. The summed E-state index contributed by atoms with van der Waals surface area (Å²) < 4.78 is 5.94. The largest absolute Gasteiger partial charge is 0.451 e. The number of hydrogen-bond acceptors (Lipinski definition) is 5. The molecule has 0 radical (unpaired) electrons. The van der Waals surface area contributed by atoms with Gasteiger partial charge in [-0.1, -0.05) is 43.0 Å². The molecule has 0 bridgehead atoms. The molecule has 0 atom stereocenters. The number of para-hydroxylation sites is 1. The molecule has 0 saturated heterocycles. The van der Waals surface area contributed by atoms with Crippen molar-refractivity contribution in [3.05, 3.63) is 59.9 Å². The molecule has 0 aliphatic carbocycles. The molecule has 1 N–H and O–H groups in total. The van der Waals surface area contributed by atoms with Gasteiger partial charge in [-0.15, -0.1) is 0 Å². The van der Waals surface area contributed by atoms with Crippen LogP contribution in [-0.4, -0.2) is 21.6 Å². The van der Waals surface area contributed by atoms with Gasteiger partial charge in [0.15, 0.2) is 5.58 Å². The van der Waals surface area contributed by atoms with Crippen LogP contribution in [-0.2, 0) is 11.2 Å². The minimum absolute atomic E-state index is 0.0789. The van der Waals surface area contributed by atoms with E-state index in [-0.39, 0.29) is 11.7 Å². The van der Waals surface area contributed by atoms with Gasteiger partial charge < -0.3 is 9.73 Å². The summed E-state index contributed by atoms with van der Waals surface area (Å²) in [6.07, 6.45) is 0.977. The van der Waals surface area contributed by atoms with E-state index in [9.17, 15) is 4.79 Å². The van der Waals surface area contributed by atoms with Crippen molar-refractivity contribution < 1.29 is 9.21 Å². The molecule has 0 fully saturated rings. The van der Waals surface area contributed by atoms with Crippen molar-refractivity contribution in [3.63, 3.8) is 0 Å². The highest BCUT2D eigenvalue weighted by Crippen LogP contribution is 2.33. The molecule has 6 heteroatoms. The Morgan fingerprint density at radius 2 is 1.89 bits per heavy atom. The van der Waals surface area contributed by atoms with Crippen LogP contribution in [0.25, 0.3) is 22.1 Å². The number of anilines is 1. The van der Waals surface area contributed by atoms with E-state index in [1.165, 1.54) is 17.3 Å². The van der Waals surface area contributed by atoms with Gasteiger partial charge in [-0.2, -0.15) is 0 Å². The minimum atomic E-state index is -0.0789. The third kappa shape index (κ3) is 3.66. The fourth-order valence-corrected chi connectivity index (χ4v) is 3.73. The highest BCUT2D eigenvalue weighted by Gasteiger charge is 2.16. The standard InChI is InChI=1S/C21H19N3O2S/c1-3-14-8-10-15(11-9-14)24-18(25)12-27-21-20-19(22-13(2)23-21)16-6-4-5-7-17(16)26-20/h4-11H,3,12H2,1-2H3,(H,24,25). The van der Waals surface area contributed by atoms with Crippen LogP contribution in [0.5, 0.6) is 0 Å². The van der Waals surface area contributed by atoms with Crippen LogP contribution < -0.4 is 5.32 Å². The Morgan fingerprint density at radius 3 is 2.67 bits per heavy atom. The molecular formula is C21H19N3O2S. The van der Waals surface area contributed by atoms with Crippen LogP contribution in [0.3, 0.4) is 0 Å². The number of nitrogens with one attached hydrogen (secondary N) is 1. The van der Waals surface area contributed by atoms with E-state index in [1.54, 1.807) is 0 Å². The number of benzene rings is 2. The number of hydrogen-bond donors (Lipinski definition) is 1. The van der Waals surface area contributed by atoms with E-state index < -0.39 is 0 Å². The van der Waals surface area contributed by atoms with Gasteiger partial charge in [-0.3, -0.25) is 4.79 Å².